The van der Waals surface area contributed by atoms with Crippen LogP contribution < -0.4 is 5.73 Å². The van der Waals surface area contributed by atoms with Crippen LogP contribution >= 0.6 is 0 Å². The summed E-state index contributed by atoms with van der Waals surface area (Å²) in [6, 6.07) is 5.53. The monoisotopic (exact) mass is 180 g/mol. The summed E-state index contributed by atoms with van der Waals surface area (Å²) in [7, 11) is 0. The van der Waals surface area contributed by atoms with Crippen molar-refractivity contribution in [2.24, 2.45) is 5.73 Å². The summed E-state index contributed by atoms with van der Waals surface area (Å²) in [5.74, 6) is 0. The number of carbonyl (C=O) groups excluding carboxylic acids is 1. The average Bonchev–Trinajstić information content (AvgIpc) is 2.03. The molecular formula is C9H12N2O2. The SMILES string of the molecule is Cc1cccc(C(C)OC(N)=O)n1. The lowest BCUT2D eigenvalue weighted by molar-refractivity contribution is 0.114. The lowest BCUT2D eigenvalue weighted by Crippen LogP contribution is -2.16. The molecule has 2 N–H and O–H groups in total. The fourth-order valence-electron chi connectivity index (χ4n) is 1.03. The summed E-state index contributed by atoms with van der Waals surface area (Å²) in [5, 5.41) is 0. The molecule has 13 heavy (non-hydrogen) atoms. The molecule has 1 atom stereocenters. The van der Waals surface area contributed by atoms with Crippen LogP contribution in [0.1, 0.15) is 24.4 Å². The molecule has 0 aliphatic heterocycles. The van der Waals surface area contributed by atoms with Crippen molar-refractivity contribution in [1.82, 2.24) is 4.98 Å². The molecule has 0 fully saturated rings. The van der Waals surface area contributed by atoms with Crippen LogP contribution in [0.3, 0.4) is 0 Å². The molecule has 1 amide bonds. The lowest BCUT2D eigenvalue weighted by atomic mass is 10.2. The molecule has 0 bridgehead atoms. The van der Waals surface area contributed by atoms with Crippen molar-refractivity contribution in [3.8, 4) is 0 Å². The molecule has 1 aromatic heterocycles. The molecule has 4 heteroatoms. The maximum atomic E-state index is 10.4. The number of hydrogen-bond acceptors (Lipinski definition) is 3. The number of nitrogens with zero attached hydrogens (tertiary/aromatic N) is 1. The summed E-state index contributed by atoms with van der Waals surface area (Å²) in [6.07, 6.45) is -1.17. The van der Waals surface area contributed by atoms with E-state index in [0.29, 0.717) is 5.69 Å². The summed E-state index contributed by atoms with van der Waals surface area (Å²) < 4.78 is 4.77. The maximum Gasteiger partial charge on any atom is 0.405 e. The number of pyridine rings is 1. The third-order valence-corrected chi connectivity index (χ3v) is 1.62. The largest absolute Gasteiger partial charge is 0.440 e. The number of rotatable bonds is 2. The van der Waals surface area contributed by atoms with Gasteiger partial charge in [0.05, 0.1) is 5.69 Å². The number of aromatic nitrogens is 1. The molecule has 4 nitrogen and oxygen atoms in total. The third kappa shape index (κ3) is 2.74. The van der Waals surface area contributed by atoms with Crippen molar-refractivity contribution in [2.45, 2.75) is 20.0 Å². The van der Waals surface area contributed by atoms with Crippen LogP contribution in [0, 0.1) is 6.92 Å². The zero-order valence-corrected chi connectivity index (χ0v) is 7.65. The summed E-state index contributed by atoms with van der Waals surface area (Å²) in [4.78, 5) is 14.6. The minimum atomic E-state index is -0.782. The van der Waals surface area contributed by atoms with Crippen molar-refractivity contribution in [1.29, 1.82) is 0 Å². The summed E-state index contributed by atoms with van der Waals surface area (Å²) >= 11 is 0. The van der Waals surface area contributed by atoms with Crippen molar-refractivity contribution in [2.75, 3.05) is 0 Å². The van der Waals surface area contributed by atoms with Crippen LogP contribution in [0.5, 0.6) is 0 Å². The minimum Gasteiger partial charge on any atom is -0.440 e. The fourth-order valence-corrected chi connectivity index (χ4v) is 1.03. The van der Waals surface area contributed by atoms with Crippen LogP contribution in [-0.2, 0) is 4.74 Å². The Bertz CT molecular complexity index is 312. The first-order chi connectivity index (χ1) is 6.09. The van der Waals surface area contributed by atoms with E-state index in [1.165, 1.54) is 0 Å². The van der Waals surface area contributed by atoms with E-state index in [2.05, 4.69) is 4.98 Å². The van der Waals surface area contributed by atoms with Crippen molar-refractivity contribution < 1.29 is 9.53 Å². The van der Waals surface area contributed by atoms with Gasteiger partial charge < -0.3 is 10.5 Å². The van der Waals surface area contributed by atoms with Gasteiger partial charge in [0, 0.05) is 5.69 Å². The molecule has 1 aromatic rings. The normalized spacial score (nSPS) is 12.2. The van der Waals surface area contributed by atoms with Gasteiger partial charge >= 0.3 is 6.09 Å². The zero-order chi connectivity index (χ0) is 9.84. The molecule has 1 heterocycles. The van der Waals surface area contributed by atoms with Gasteiger partial charge in [-0.1, -0.05) is 6.07 Å². The predicted octanol–water partition coefficient (Wildman–Crippen LogP) is 1.55. The molecule has 0 saturated heterocycles. The van der Waals surface area contributed by atoms with Crippen LogP contribution in [0.25, 0.3) is 0 Å². The Labute approximate surface area is 76.7 Å². The van der Waals surface area contributed by atoms with Gasteiger partial charge in [-0.15, -0.1) is 0 Å². The molecule has 1 unspecified atom stereocenters. The number of carbonyl (C=O) groups is 1. The second-order valence-corrected chi connectivity index (χ2v) is 2.78. The quantitative estimate of drug-likeness (QED) is 0.750. The first-order valence-electron chi connectivity index (χ1n) is 3.99. The van der Waals surface area contributed by atoms with Crippen molar-refractivity contribution in [3.05, 3.63) is 29.6 Å². The van der Waals surface area contributed by atoms with Crippen molar-refractivity contribution in [3.63, 3.8) is 0 Å². The highest BCUT2D eigenvalue weighted by atomic mass is 16.6. The van der Waals surface area contributed by atoms with Gasteiger partial charge in [0.15, 0.2) is 0 Å². The van der Waals surface area contributed by atoms with Crippen LogP contribution in [0.15, 0.2) is 18.2 Å². The van der Waals surface area contributed by atoms with E-state index in [4.69, 9.17) is 10.5 Å². The third-order valence-electron chi connectivity index (χ3n) is 1.62. The van der Waals surface area contributed by atoms with E-state index in [-0.39, 0.29) is 0 Å². The smallest absolute Gasteiger partial charge is 0.405 e. The number of aryl methyl sites for hydroxylation is 1. The van der Waals surface area contributed by atoms with Gasteiger partial charge in [-0.05, 0) is 26.0 Å². The molecule has 0 aliphatic rings. The maximum absolute atomic E-state index is 10.4. The molecule has 70 valence electrons. The number of amides is 1. The summed E-state index contributed by atoms with van der Waals surface area (Å²) in [6.45, 7) is 3.60. The van der Waals surface area contributed by atoms with Gasteiger partial charge in [0.1, 0.15) is 6.10 Å². The molecule has 1 rings (SSSR count). The van der Waals surface area contributed by atoms with Crippen LogP contribution in [-0.4, -0.2) is 11.1 Å². The highest BCUT2D eigenvalue weighted by Gasteiger charge is 2.09. The standard InChI is InChI=1S/C9H12N2O2/c1-6-4-3-5-8(11-6)7(2)13-9(10)12/h3-5,7H,1-2H3,(H2,10,12). The topological polar surface area (TPSA) is 65.2 Å². The number of primary amides is 1. The van der Waals surface area contributed by atoms with Gasteiger partial charge in [-0.3, -0.25) is 4.98 Å². The predicted molar refractivity (Wildman–Crippen MR) is 48.1 cm³/mol. The van der Waals surface area contributed by atoms with E-state index >= 15 is 0 Å². The second kappa shape index (κ2) is 3.89. The number of nitrogens with two attached hydrogens (primary N) is 1. The number of hydrogen-bond donors (Lipinski definition) is 1. The van der Waals surface area contributed by atoms with E-state index in [0.717, 1.165) is 5.69 Å². The first kappa shape index (κ1) is 9.51. The second-order valence-electron chi connectivity index (χ2n) is 2.78. The highest BCUT2D eigenvalue weighted by Crippen LogP contribution is 2.13. The Balaban J connectivity index is 2.76. The Kier molecular flexibility index (Phi) is 2.84. The Morgan fingerprint density at radius 3 is 2.85 bits per heavy atom. The van der Waals surface area contributed by atoms with Gasteiger partial charge in [-0.2, -0.15) is 0 Å². The Morgan fingerprint density at radius 2 is 2.31 bits per heavy atom. The molecule has 0 saturated carbocycles. The van der Waals surface area contributed by atoms with E-state index in [1.807, 2.05) is 19.1 Å². The first-order valence-corrected chi connectivity index (χ1v) is 3.99. The van der Waals surface area contributed by atoms with E-state index in [1.54, 1.807) is 13.0 Å². The fraction of sp³-hybridized carbons (Fsp3) is 0.333. The van der Waals surface area contributed by atoms with E-state index in [9.17, 15) is 4.79 Å². The van der Waals surface area contributed by atoms with E-state index < -0.39 is 12.2 Å². The van der Waals surface area contributed by atoms with Crippen LogP contribution in [0.4, 0.5) is 4.79 Å². The molecule has 0 radical (unpaired) electrons. The molecule has 0 aliphatic carbocycles. The summed E-state index contributed by atoms with van der Waals surface area (Å²) in [5.41, 5.74) is 6.47. The Morgan fingerprint density at radius 1 is 1.62 bits per heavy atom. The zero-order valence-electron chi connectivity index (χ0n) is 7.65. The average molecular weight is 180 g/mol. The van der Waals surface area contributed by atoms with Crippen molar-refractivity contribution >= 4 is 6.09 Å². The van der Waals surface area contributed by atoms with Crippen LogP contribution in [0.2, 0.25) is 0 Å². The Hall–Kier alpha value is -1.58. The molecule has 0 aromatic carbocycles. The number of ether oxygens (including phenoxy) is 1. The lowest BCUT2D eigenvalue weighted by Gasteiger charge is -2.10. The highest BCUT2D eigenvalue weighted by molar-refractivity contribution is 5.64. The van der Waals surface area contributed by atoms with Gasteiger partial charge in [0.25, 0.3) is 0 Å². The molecule has 0 spiro atoms. The minimum absolute atomic E-state index is 0.391. The molecular weight excluding hydrogens is 168 g/mol. The van der Waals surface area contributed by atoms with Gasteiger partial charge in [-0.25, -0.2) is 4.79 Å². The van der Waals surface area contributed by atoms with Gasteiger partial charge in [0.2, 0.25) is 0 Å².